The van der Waals surface area contributed by atoms with Gasteiger partial charge in [0.05, 0.1) is 23.3 Å². The quantitative estimate of drug-likeness (QED) is 0.724. The summed E-state index contributed by atoms with van der Waals surface area (Å²) >= 11 is 0. The summed E-state index contributed by atoms with van der Waals surface area (Å²) in [6.07, 6.45) is 1.66. The predicted octanol–water partition coefficient (Wildman–Crippen LogP) is 2.58. The van der Waals surface area contributed by atoms with E-state index in [1.165, 1.54) is 4.57 Å². The van der Waals surface area contributed by atoms with E-state index in [0.717, 1.165) is 5.52 Å². The average molecular weight is 324 g/mol. The number of nitrogens with one attached hydrogen (secondary N) is 1. The third kappa shape index (κ3) is 2.82. The van der Waals surface area contributed by atoms with Crippen LogP contribution in [-0.2, 0) is 6.54 Å². The third-order valence-electron chi connectivity index (χ3n) is 3.86. The highest BCUT2D eigenvalue weighted by molar-refractivity contribution is 6.08. The Kier molecular flexibility index (Phi) is 3.75. The van der Waals surface area contributed by atoms with Gasteiger partial charge in [-0.1, -0.05) is 26.8 Å². The van der Waals surface area contributed by atoms with Crippen LogP contribution in [0.15, 0.2) is 41.3 Å². The van der Waals surface area contributed by atoms with Crippen molar-refractivity contribution in [2.24, 2.45) is 5.41 Å². The van der Waals surface area contributed by atoms with E-state index < -0.39 is 5.41 Å². The molecule has 0 saturated carbocycles. The molecule has 2 heterocycles. The highest BCUT2D eigenvalue weighted by atomic mass is 16.1. The zero-order valence-electron chi connectivity index (χ0n) is 14.0. The zero-order chi connectivity index (χ0) is 17.5. The maximum atomic E-state index is 12.6. The van der Waals surface area contributed by atoms with Gasteiger partial charge in [0, 0.05) is 17.2 Å². The number of para-hydroxylation sites is 1. The van der Waals surface area contributed by atoms with Crippen molar-refractivity contribution in [1.82, 2.24) is 14.5 Å². The Labute approximate surface area is 139 Å². The van der Waals surface area contributed by atoms with Gasteiger partial charge in [-0.25, -0.2) is 4.98 Å². The van der Waals surface area contributed by atoms with Gasteiger partial charge in [-0.05, 0) is 24.3 Å². The van der Waals surface area contributed by atoms with Crippen LogP contribution in [0.4, 0.5) is 5.69 Å². The summed E-state index contributed by atoms with van der Waals surface area (Å²) in [5.41, 5.74) is 7.09. The van der Waals surface area contributed by atoms with Gasteiger partial charge in [0.15, 0.2) is 5.78 Å². The SMILES string of the molecule is CC(C)(C)C(=O)c1cccc2[nH]c(Cn3cccc(N)c3=O)nc12. The molecule has 0 atom stereocenters. The molecule has 24 heavy (non-hydrogen) atoms. The Hall–Kier alpha value is -2.89. The van der Waals surface area contributed by atoms with Crippen LogP contribution in [0.25, 0.3) is 11.0 Å². The van der Waals surface area contributed by atoms with E-state index >= 15 is 0 Å². The van der Waals surface area contributed by atoms with Crippen molar-refractivity contribution in [1.29, 1.82) is 0 Å². The van der Waals surface area contributed by atoms with Gasteiger partial charge in [0.2, 0.25) is 0 Å². The molecule has 0 fully saturated rings. The monoisotopic (exact) mass is 324 g/mol. The number of nitrogens with two attached hydrogens (primary N) is 1. The van der Waals surface area contributed by atoms with E-state index in [0.29, 0.717) is 16.9 Å². The predicted molar refractivity (Wildman–Crippen MR) is 94.1 cm³/mol. The maximum Gasteiger partial charge on any atom is 0.274 e. The Balaban J connectivity index is 2.05. The number of hydrogen-bond acceptors (Lipinski definition) is 4. The van der Waals surface area contributed by atoms with Crippen molar-refractivity contribution >= 4 is 22.5 Å². The first-order chi connectivity index (χ1) is 11.3. The Morgan fingerprint density at radius 1 is 1.25 bits per heavy atom. The smallest absolute Gasteiger partial charge is 0.274 e. The number of aromatic amines is 1. The minimum absolute atomic E-state index is 0.0345. The largest absolute Gasteiger partial charge is 0.394 e. The van der Waals surface area contributed by atoms with E-state index in [-0.39, 0.29) is 23.6 Å². The van der Waals surface area contributed by atoms with Crippen LogP contribution in [0, 0.1) is 5.41 Å². The molecule has 3 aromatic rings. The molecule has 0 aliphatic rings. The number of imidazole rings is 1. The summed E-state index contributed by atoms with van der Waals surface area (Å²) in [6.45, 7) is 5.91. The Morgan fingerprint density at radius 2 is 2.00 bits per heavy atom. The second-order valence-corrected chi connectivity index (χ2v) is 6.86. The van der Waals surface area contributed by atoms with Crippen LogP contribution >= 0.6 is 0 Å². The van der Waals surface area contributed by atoms with Crippen molar-refractivity contribution in [3.63, 3.8) is 0 Å². The molecule has 0 aliphatic carbocycles. The molecule has 0 unspecified atom stereocenters. The topological polar surface area (TPSA) is 93.8 Å². The number of nitrogen functional groups attached to an aromatic ring is 1. The van der Waals surface area contributed by atoms with Crippen LogP contribution in [0.3, 0.4) is 0 Å². The van der Waals surface area contributed by atoms with Gasteiger partial charge >= 0.3 is 0 Å². The van der Waals surface area contributed by atoms with E-state index in [1.807, 2.05) is 32.9 Å². The molecule has 6 heteroatoms. The number of nitrogens with zero attached hydrogens (tertiary/aromatic N) is 2. The molecule has 0 radical (unpaired) electrons. The van der Waals surface area contributed by atoms with Crippen molar-refractivity contribution in [2.75, 3.05) is 5.73 Å². The van der Waals surface area contributed by atoms with Gasteiger partial charge < -0.3 is 15.3 Å². The lowest BCUT2D eigenvalue weighted by Gasteiger charge is -2.16. The molecule has 124 valence electrons. The van der Waals surface area contributed by atoms with Crippen molar-refractivity contribution in [2.45, 2.75) is 27.3 Å². The fraction of sp³-hybridized carbons (Fsp3) is 0.278. The number of carbonyl (C=O) groups excluding carboxylic acids is 1. The number of H-pyrrole nitrogens is 1. The number of aromatic nitrogens is 3. The lowest BCUT2D eigenvalue weighted by atomic mass is 9.86. The molecule has 0 aliphatic heterocycles. The average Bonchev–Trinajstić information content (AvgIpc) is 2.92. The number of rotatable bonds is 3. The van der Waals surface area contributed by atoms with Gasteiger partial charge in [-0.2, -0.15) is 0 Å². The molecule has 0 amide bonds. The fourth-order valence-corrected chi connectivity index (χ4v) is 2.59. The highest BCUT2D eigenvalue weighted by Crippen LogP contribution is 2.25. The highest BCUT2D eigenvalue weighted by Gasteiger charge is 2.25. The number of hydrogen-bond donors (Lipinski definition) is 2. The summed E-state index contributed by atoms with van der Waals surface area (Å²) in [4.78, 5) is 32.4. The molecule has 6 nitrogen and oxygen atoms in total. The van der Waals surface area contributed by atoms with E-state index in [1.54, 1.807) is 24.4 Å². The second-order valence-electron chi connectivity index (χ2n) is 6.86. The molecular formula is C18H20N4O2. The van der Waals surface area contributed by atoms with Crippen molar-refractivity contribution in [3.8, 4) is 0 Å². The zero-order valence-corrected chi connectivity index (χ0v) is 14.0. The molecule has 0 bridgehead atoms. The molecular weight excluding hydrogens is 304 g/mol. The molecule has 3 N–H and O–H groups in total. The number of anilines is 1. The number of Topliss-reactive ketones (excluding diaryl/α,β-unsaturated/α-hetero) is 1. The summed E-state index contributed by atoms with van der Waals surface area (Å²) in [5.74, 6) is 0.638. The molecule has 3 rings (SSSR count). The summed E-state index contributed by atoms with van der Waals surface area (Å²) < 4.78 is 1.48. The molecule has 1 aromatic carbocycles. The van der Waals surface area contributed by atoms with Gasteiger partial charge in [0.25, 0.3) is 5.56 Å². The third-order valence-corrected chi connectivity index (χ3v) is 3.86. The van der Waals surface area contributed by atoms with Crippen LogP contribution < -0.4 is 11.3 Å². The molecule has 0 spiro atoms. The number of benzene rings is 1. The molecule has 0 saturated heterocycles. The van der Waals surface area contributed by atoms with Crippen LogP contribution in [0.2, 0.25) is 0 Å². The summed E-state index contributed by atoms with van der Waals surface area (Å²) in [7, 11) is 0. The Bertz CT molecular complexity index is 977. The maximum absolute atomic E-state index is 12.6. The van der Waals surface area contributed by atoms with Crippen molar-refractivity contribution < 1.29 is 4.79 Å². The van der Waals surface area contributed by atoms with Crippen LogP contribution in [-0.4, -0.2) is 20.3 Å². The fourth-order valence-electron chi connectivity index (χ4n) is 2.59. The number of pyridine rings is 1. The normalized spacial score (nSPS) is 11.8. The number of fused-ring (bicyclic) bond motifs is 1. The first-order valence-electron chi connectivity index (χ1n) is 7.75. The first-order valence-corrected chi connectivity index (χ1v) is 7.75. The van der Waals surface area contributed by atoms with Gasteiger partial charge in [-0.15, -0.1) is 0 Å². The van der Waals surface area contributed by atoms with Crippen LogP contribution in [0.1, 0.15) is 37.0 Å². The Morgan fingerprint density at radius 3 is 2.71 bits per heavy atom. The summed E-state index contributed by atoms with van der Waals surface area (Å²) in [6, 6.07) is 8.77. The van der Waals surface area contributed by atoms with E-state index in [4.69, 9.17) is 5.73 Å². The number of carbonyl (C=O) groups is 1. The summed E-state index contributed by atoms with van der Waals surface area (Å²) in [5, 5.41) is 0. The van der Waals surface area contributed by atoms with E-state index in [9.17, 15) is 9.59 Å². The van der Waals surface area contributed by atoms with Gasteiger partial charge in [0.1, 0.15) is 5.82 Å². The van der Waals surface area contributed by atoms with Crippen molar-refractivity contribution in [3.05, 3.63) is 58.3 Å². The number of ketones is 1. The standard InChI is InChI=1S/C18H20N4O2/c1-18(2,3)16(23)11-6-4-8-13-15(11)21-14(20-13)10-22-9-5-7-12(19)17(22)24/h4-9H,10,19H2,1-3H3,(H,20,21). The lowest BCUT2D eigenvalue weighted by molar-refractivity contribution is 0.0860. The first kappa shape index (κ1) is 16.0. The second kappa shape index (κ2) is 5.63. The molecule has 2 aromatic heterocycles. The minimum atomic E-state index is -0.488. The van der Waals surface area contributed by atoms with Gasteiger partial charge in [-0.3, -0.25) is 9.59 Å². The van der Waals surface area contributed by atoms with Crippen LogP contribution in [0.5, 0.6) is 0 Å². The van der Waals surface area contributed by atoms with E-state index in [2.05, 4.69) is 9.97 Å². The minimum Gasteiger partial charge on any atom is -0.394 e. The lowest BCUT2D eigenvalue weighted by Crippen LogP contribution is -2.22.